The van der Waals surface area contributed by atoms with E-state index in [4.69, 9.17) is 9.47 Å². The maximum Gasteiger partial charge on any atom is 0.347 e. The van der Waals surface area contributed by atoms with E-state index >= 15 is 0 Å². The van der Waals surface area contributed by atoms with Gasteiger partial charge in [-0.05, 0) is 12.3 Å². The third-order valence-corrected chi connectivity index (χ3v) is 2.96. The number of hydrogen-bond acceptors (Lipinski definition) is 4. The van der Waals surface area contributed by atoms with E-state index < -0.39 is 12.1 Å². The van der Waals surface area contributed by atoms with Crippen molar-refractivity contribution in [3.05, 3.63) is 0 Å². The van der Waals surface area contributed by atoms with Crippen LogP contribution >= 0.6 is 0 Å². The van der Waals surface area contributed by atoms with Gasteiger partial charge in [-0.1, -0.05) is 41.0 Å². The van der Waals surface area contributed by atoms with Crippen molar-refractivity contribution in [1.82, 2.24) is 0 Å². The molecule has 0 spiro atoms. The summed E-state index contributed by atoms with van der Waals surface area (Å²) in [6.07, 6.45) is 0.394. The highest BCUT2D eigenvalue weighted by atomic mass is 16.6. The fourth-order valence-corrected chi connectivity index (χ4v) is 1.38. The van der Waals surface area contributed by atoms with Crippen LogP contribution < -0.4 is 0 Å². The minimum Gasteiger partial charge on any atom is -0.463 e. The highest BCUT2D eigenvalue weighted by Crippen LogP contribution is 2.25. The molecular weight excluding hydrogens is 232 g/mol. The fourth-order valence-electron chi connectivity index (χ4n) is 1.38. The normalized spacial score (nSPS) is 13.3. The van der Waals surface area contributed by atoms with Gasteiger partial charge in [0.15, 0.2) is 0 Å². The fraction of sp³-hybridized carbons (Fsp3) is 0.857. The van der Waals surface area contributed by atoms with Gasteiger partial charge in [-0.3, -0.25) is 4.79 Å². The van der Waals surface area contributed by atoms with E-state index in [9.17, 15) is 9.59 Å². The van der Waals surface area contributed by atoms with E-state index in [2.05, 4.69) is 0 Å². The Hall–Kier alpha value is -1.06. The van der Waals surface area contributed by atoms with Crippen molar-refractivity contribution in [1.29, 1.82) is 0 Å². The van der Waals surface area contributed by atoms with Crippen LogP contribution in [0, 0.1) is 11.3 Å². The SMILES string of the molecule is CCOC(=O)C(OC(=O)CC(C)(C)CC)C(C)C. The maximum absolute atomic E-state index is 11.8. The molecule has 4 nitrogen and oxygen atoms in total. The van der Waals surface area contributed by atoms with Crippen molar-refractivity contribution in [2.24, 2.45) is 11.3 Å². The lowest BCUT2D eigenvalue weighted by Crippen LogP contribution is -2.34. The molecule has 1 unspecified atom stereocenters. The molecule has 18 heavy (non-hydrogen) atoms. The van der Waals surface area contributed by atoms with E-state index in [-0.39, 0.29) is 17.3 Å². The lowest BCUT2D eigenvalue weighted by atomic mass is 9.87. The van der Waals surface area contributed by atoms with Gasteiger partial charge in [0.2, 0.25) is 6.10 Å². The molecule has 0 aliphatic carbocycles. The quantitative estimate of drug-likeness (QED) is 0.659. The molecule has 0 rings (SSSR count). The average molecular weight is 258 g/mol. The second-order valence-electron chi connectivity index (χ2n) is 5.60. The van der Waals surface area contributed by atoms with Crippen molar-refractivity contribution in [2.45, 2.75) is 60.5 Å². The first-order valence-electron chi connectivity index (χ1n) is 6.59. The van der Waals surface area contributed by atoms with Gasteiger partial charge >= 0.3 is 11.9 Å². The highest BCUT2D eigenvalue weighted by Gasteiger charge is 2.30. The number of carbonyl (C=O) groups excluding carboxylic acids is 2. The first-order valence-corrected chi connectivity index (χ1v) is 6.59. The molecule has 106 valence electrons. The largest absolute Gasteiger partial charge is 0.463 e. The minimum atomic E-state index is -0.801. The predicted molar refractivity (Wildman–Crippen MR) is 70.0 cm³/mol. The lowest BCUT2D eigenvalue weighted by molar-refractivity contribution is -0.172. The zero-order valence-corrected chi connectivity index (χ0v) is 12.4. The topological polar surface area (TPSA) is 52.6 Å². The molecule has 0 aromatic rings. The van der Waals surface area contributed by atoms with Gasteiger partial charge in [0.05, 0.1) is 13.0 Å². The van der Waals surface area contributed by atoms with Crippen LogP contribution in [0.4, 0.5) is 0 Å². The third kappa shape index (κ3) is 6.03. The zero-order chi connectivity index (χ0) is 14.3. The van der Waals surface area contributed by atoms with Crippen molar-refractivity contribution in [2.75, 3.05) is 6.61 Å². The number of hydrogen-bond donors (Lipinski definition) is 0. The Balaban J connectivity index is 4.51. The first-order chi connectivity index (χ1) is 8.23. The van der Waals surface area contributed by atoms with E-state index in [0.29, 0.717) is 13.0 Å². The van der Waals surface area contributed by atoms with Crippen LogP contribution in [0.1, 0.15) is 54.4 Å². The van der Waals surface area contributed by atoms with Crippen LogP contribution in [0.25, 0.3) is 0 Å². The van der Waals surface area contributed by atoms with Crippen LogP contribution in [-0.2, 0) is 19.1 Å². The standard InChI is InChI=1S/C14H26O4/c1-7-14(5,6)9-11(15)18-12(10(3)4)13(16)17-8-2/h10,12H,7-9H2,1-6H3. The molecule has 0 aliphatic rings. The summed E-state index contributed by atoms with van der Waals surface area (Å²) in [5.74, 6) is -0.888. The summed E-state index contributed by atoms with van der Waals surface area (Å²) in [4.78, 5) is 23.5. The Bertz CT molecular complexity index is 282. The molecule has 0 fully saturated rings. The summed E-state index contributed by atoms with van der Waals surface area (Å²) in [5, 5.41) is 0. The second-order valence-corrected chi connectivity index (χ2v) is 5.60. The molecule has 0 aromatic carbocycles. The second kappa shape index (κ2) is 7.39. The summed E-state index contributed by atoms with van der Waals surface area (Å²) in [6.45, 7) is 11.7. The summed E-state index contributed by atoms with van der Waals surface area (Å²) >= 11 is 0. The molecule has 0 bridgehead atoms. The number of esters is 2. The van der Waals surface area contributed by atoms with Crippen molar-refractivity contribution < 1.29 is 19.1 Å². The van der Waals surface area contributed by atoms with Gasteiger partial charge in [-0.15, -0.1) is 0 Å². The van der Waals surface area contributed by atoms with Crippen LogP contribution in [0.3, 0.4) is 0 Å². The Morgan fingerprint density at radius 3 is 2.11 bits per heavy atom. The van der Waals surface area contributed by atoms with Gasteiger partial charge < -0.3 is 9.47 Å². The van der Waals surface area contributed by atoms with Crippen molar-refractivity contribution in [3.8, 4) is 0 Å². The monoisotopic (exact) mass is 258 g/mol. The summed E-state index contributed by atoms with van der Waals surface area (Å²) in [6, 6.07) is 0. The summed E-state index contributed by atoms with van der Waals surface area (Å²) in [7, 11) is 0. The molecule has 0 saturated heterocycles. The average Bonchev–Trinajstić information content (AvgIpc) is 2.25. The Kier molecular flexibility index (Phi) is 6.96. The van der Waals surface area contributed by atoms with Gasteiger partial charge in [-0.25, -0.2) is 4.79 Å². The van der Waals surface area contributed by atoms with Gasteiger partial charge in [0.1, 0.15) is 0 Å². The Labute approximate surface area is 110 Å². The number of ether oxygens (including phenoxy) is 2. The van der Waals surface area contributed by atoms with E-state index in [1.807, 2.05) is 34.6 Å². The van der Waals surface area contributed by atoms with E-state index in [0.717, 1.165) is 6.42 Å². The molecule has 4 heteroatoms. The number of carbonyl (C=O) groups is 2. The van der Waals surface area contributed by atoms with Gasteiger partial charge in [0.25, 0.3) is 0 Å². The molecule has 0 aromatic heterocycles. The van der Waals surface area contributed by atoms with Crippen LogP contribution in [0.2, 0.25) is 0 Å². The smallest absolute Gasteiger partial charge is 0.347 e. The van der Waals surface area contributed by atoms with E-state index in [1.54, 1.807) is 6.92 Å². The Morgan fingerprint density at radius 2 is 1.72 bits per heavy atom. The predicted octanol–water partition coefficient (Wildman–Crippen LogP) is 2.94. The zero-order valence-electron chi connectivity index (χ0n) is 12.4. The molecule has 0 aliphatic heterocycles. The first kappa shape index (κ1) is 16.9. The summed E-state index contributed by atoms with van der Waals surface area (Å²) in [5.41, 5.74) is -0.104. The molecule has 0 amide bonds. The van der Waals surface area contributed by atoms with Crippen LogP contribution in [0.5, 0.6) is 0 Å². The van der Waals surface area contributed by atoms with Crippen LogP contribution in [-0.4, -0.2) is 24.6 Å². The molecule has 0 saturated carbocycles. The van der Waals surface area contributed by atoms with Crippen molar-refractivity contribution in [3.63, 3.8) is 0 Å². The summed E-state index contributed by atoms with van der Waals surface area (Å²) < 4.78 is 10.2. The molecule has 1 atom stereocenters. The molecule has 0 heterocycles. The maximum atomic E-state index is 11.8. The van der Waals surface area contributed by atoms with E-state index in [1.165, 1.54) is 0 Å². The van der Waals surface area contributed by atoms with Crippen molar-refractivity contribution >= 4 is 11.9 Å². The Morgan fingerprint density at radius 1 is 1.17 bits per heavy atom. The highest BCUT2D eigenvalue weighted by molar-refractivity contribution is 5.79. The van der Waals surface area contributed by atoms with Gasteiger partial charge in [0, 0.05) is 5.92 Å². The molecular formula is C14H26O4. The minimum absolute atomic E-state index is 0.0854. The lowest BCUT2D eigenvalue weighted by Gasteiger charge is -2.24. The molecule has 0 N–H and O–H groups in total. The van der Waals surface area contributed by atoms with Gasteiger partial charge in [-0.2, -0.15) is 0 Å². The number of rotatable bonds is 7. The third-order valence-electron chi connectivity index (χ3n) is 2.96. The van der Waals surface area contributed by atoms with Crippen LogP contribution in [0.15, 0.2) is 0 Å². The molecule has 0 radical (unpaired) electrons.